The maximum absolute atomic E-state index is 11.9. The summed E-state index contributed by atoms with van der Waals surface area (Å²) in [4.78, 5) is 22.9. The number of nitrogens with two attached hydrogens (primary N) is 1. The number of rotatable bonds is 7. The van der Waals surface area contributed by atoms with Crippen LogP contribution < -0.4 is 15.8 Å². The van der Waals surface area contributed by atoms with Gasteiger partial charge in [0.15, 0.2) is 0 Å². The van der Waals surface area contributed by atoms with Gasteiger partial charge in [-0.15, -0.1) is 11.8 Å². The first-order chi connectivity index (χ1) is 11.5. The summed E-state index contributed by atoms with van der Waals surface area (Å²) in [6, 6.07) is 12.3. The molecule has 0 heterocycles. The first-order valence-corrected chi connectivity index (χ1v) is 9.04. The first kappa shape index (κ1) is 18.4. The summed E-state index contributed by atoms with van der Waals surface area (Å²) >= 11 is 4.96. The second-order valence-electron chi connectivity index (χ2n) is 4.95. The maximum Gasteiger partial charge on any atom is 0.248 e. The number of methoxy groups -OCH3 is 1. The van der Waals surface area contributed by atoms with Crippen molar-refractivity contribution >= 4 is 45.2 Å². The van der Waals surface area contributed by atoms with Crippen LogP contribution in [0.3, 0.4) is 0 Å². The molecular weight excluding hydrogens is 392 g/mol. The molecule has 2 aromatic carbocycles. The van der Waals surface area contributed by atoms with E-state index >= 15 is 0 Å². The second kappa shape index (κ2) is 8.75. The molecule has 0 aliphatic heterocycles. The topological polar surface area (TPSA) is 81.4 Å². The van der Waals surface area contributed by atoms with E-state index in [1.165, 1.54) is 11.8 Å². The summed E-state index contributed by atoms with van der Waals surface area (Å²) in [6.45, 7) is 0. The first-order valence-electron chi connectivity index (χ1n) is 7.09. The van der Waals surface area contributed by atoms with Gasteiger partial charge in [-0.3, -0.25) is 9.59 Å². The number of primary amides is 1. The molecule has 2 amide bonds. The molecular formula is C17H17BrN2O3S. The Morgan fingerprint density at radius 3 is 2.50 bits per heavy atom. The van der Waals surface area contributed by atoms with Crippen LogP contribution in [-0.4, -0.2) is 24.7 Å². The fraction of sp³-hybridized carbons (Fsp3) is 0.176. The Labute approximate surface area is 153 Å². The van der Waals surface area contributed by atoms with Crippen molar-refractivity contribution in [2.75, 3.05) is 18.2 Å². The molecule has 0 aliphatic rings. The Kier molecular flexibility index (Phi) is 6.69. The van der Waals surface area contributed by atoms with Crippen molar-refractivity contribution in [1.29, 1.82) is 0 Å². The van der Waals surface area contributed by atoms with Gasteiger partial charge in [0, 0.05) is 17.0 Å². The molecule has 0 radical (unpaired) electrons. The number of hydrogen-bond donors (Lipinski definition) is 2. The number of carbonyl (C=O) groups excluding carboxylic acids is 2. The minimum Gasteiger partial charge on any atom is -0.496 e. The van der Waals surface area contributed by atoms with E-state index in [2.05, 4.69) is 21.2 Å². The third-order valence-electron chi connectivity index (χ3n) is 3.17. The van der Waals surface area contributed by atoms with Crippen LogP contribution in [0.4, 0.5) is 5.69 Å². The maximum atomic E-state index is 11.9. The Bertz CT molecular complexity index is 735. The fourth-order valence-corrected chi connectivity index (χ4v) is 3.34. The molecule has 126 valence electrons. The van der Waals surface area contributed by atoms with E-state index in [0.717, 1.165) is 21.5 Å². The Morgan fingerprint density at radius 1 is 1.21 bits per heavy atom. The van der Waals surface area contributed by atoms with Gasteiger partial charge in [-0.25, -0.2) is 0 Å². The zero-order chi connectivity index (χ0) is 17.5. The molecule has 0 saturated heterocycles. The highest BCUT2D eigenvalue weighted by Crippen LogP contribution is 2.27. The lowest BCUT2D eigenvalue weighted by Gasteiger charge is -2.07. The van der Waals surface area contributed by atoms with Gasteiger partial charge >= 0.3 is 0 Å². The summed E-state index contributed by atoms with van der Waals surface area (Å²) in [5.74, 6) is 1.24. The quantitative estimate of drug-likeness (QED) is 0.734. The van der Waals surface area contributed by atoms with Gasteiger partial charge in [0.25, 0.3) is 0 Å². The van der Waals surface area contributed by atoms with Crippen molar-refractivity contribution in [3.63, 3.8) is 0 Å². The lowest BCUT2D eigenvalue weighted by atomic mass is 10.2. The summed E-state index contributed by atoms with van der Waals surface area (Å²) < 4.78 is 6.08. The molecule has 0 spiro atoms. The van der Waals surface area contributed by atoms with Crippen molar-refractivity contribution in [2.45, 2.75) is 5.75 Å². The number of amides is 2. The van der Waals surface area contributed by atoms with Gasteiger partial charge in [0.1, 0.15) is 5.75 Å². The van der Waals surface area contributed by atoms with Gasteiger partial charge in [0.05, 0.1) is 17.3 Å². The van der Waals surface area contributed by atoms with E-state index in [0.29, 0.717) is 17.0 Å². The second-order valence-corrected chi connectivity index (χ2v) is 6.79. The average Bonchev–Trinajstić information content (AvgIpc) is 2.55. The predicted octanol–water partition coefficient (Wildman–Crippen LogP) is 3.43. The van der Waals surface area contributed by atoms with Crippen LogP contribution in [0.5, 0.6) is 5.75 Å². The van der Waals surface area contributed by atoms with E-state index in [1.807, 2.05) is 18.2 Å². The molecule has 2 rings (SSSR count). The lowest BCUT2D eigenvalue weighted by Crippen LogP contribution is -2.15. The molecule has 2 aromatic rings. The van der Waals surface area contributed by atoms with Crippen LogP contribution in [-0.2, 0) is 10.5 Å². The molecule has 0 aliphatic carbocycles. The normalized spacial score (nSPS) is 10.2. The average molecular weight is 409 g/mol. The van der Waals surface area contributed by atoms with Gasteiger partial charge in [-0.1, -0.05) is 6.07 Å². The van der Waals surface area contributed by atoms with Gasteiger partial charge in [0.2, 0.25) is 11.8 Å². The third kappa shape index (κ3) is 5.28. The number of halogens is 1. The van der Waals surface area contributed by atoms with Crippen molar-refractivity contribution in [1.82, 2.24) is 0 Å². The monoisotopic (exact) mass is 408 g/mol. The molecule has 5 nitrogen and oxygen atoms in total. The van der Waals surface area contributed by atoms with E-state index in [-0.39, 0.29) is 5.91 Å². The number of anilines is 1. The van der Waals surface area contributed by atoms with Gasteiger partial charge in [-0.2, -0.15) is 0 Å². The van der Waals surface area contributed by atoms with E-state index in [9.17, 15) is 9.59 Å². The molecule has 24 heavy (non-hydrogen) atoms. The van der Waals surface area contributed by atoms with Crippen LogP contribution in [0.2, 0.25) is 0 Å². The molecule has 0 aromatic heterocycles. The van der Waals surface area contributed by atoms with E-state index in [1.54, 1.807) is 31.4 Å². The van der Waals surface area contributed by atoms with Crippen LogP contribution in [0.15, 0.2) is 46.9 Å². The lowest BCUT2D eigenvalue weighted by molar-refractivity contribution is -0.113. The third-order valence-corrected chi connectivity index (χ3v) is 4.79. The standard InChI is InChI=1S/C17H17BrN2O3S/c1-23-15-7-2-11(8-14(15)18)9-24-10-16(21)20-13-5-3-12(4-6-13)17(19)22/h2-8H,9-10H2,1H3,(H2,19,22)(H,20,21). The van der Waals surface area contributed by atoms with Crippen molar-refractivity contribution in [3.8, 4) is 5.75 Å². The van der Waals surface area contributed by atoms with Crippen LogP contribution in [0, 0.1) is 0 Å². The number of ether oxygens (including phenoxy) is 1. The van der Waals surface area contributed by atoms with Gasteiger partial charge < -0.3 is 15.8 Å². The zero-order valence-corrected chi connectivity index (χ0v) is 15.4. The zero-order valence-electron chi connectivity index (χ0n) is 13.0. The number of carbonyl (C=O) groups is 2. The van der Waals surface area contributed by atoms with Crippen molar-refractivity contribution in [3.05, 3.63) is 58.1 Å². The van der Waals surface area contributed by atoms with Crippen LogP contribution in [0.25, 0.3) is 0 Å². The highest BCUT2D eigenvalue weighted by atomic mass is 79.9. The van der Waals surface area contributed by atoms with Crippen LogP contribution >= 0.6 is 27.7 Å². The predicted molar refractivity (Wildman–Crippen MR) is 100 cm³/mol. The number of nitrogens with one attached hydrogen (secondary N) is 1. The highest BCUT2D eigenvalue weighted by Gasteiger charge is 2.06. The van der Waals surface area contributed by atoms with Crippen LogP contribution in [0.1, 0.15) is 15.9 Å². The molecule has 7 heteroatoms. The number of benzene rings is 2. The minimum absolute atomic E-state index is 0.0978. The number of hydrogen-bond acceptors (Lipinski definition) is 4. The minimum atomic E-state index is -0.492. The van der Waals surface area contributed by atoms with E-state index < -0.39 is 5.91 Å². The summed E-state index contributed by atoms with van der Waals surface area (Å²) in [5.41, 5.74) is 7.32. The molecule has 0 atom stereocenters. The Balaban J connectivity index is 1.80. The smallest absolute Gasteiger partial charge is 0.248 e. The molecule has 0 fully saturated rings. The highest BCUT2D eigenvalue weighted by molar-refractivity contribution is 9.10. The SMILES string of the molecule is COc1ccc(CSCC(=O)Nc2ccc(C(N)=O)cc2)cc1Br. The molecule has 0 saturated carbocycles. The van der Waals surface area contributed by atoms with Crippen molar-refractivity contribution in [2.24, 2.45) is 5.73 Å². The van der Waals surface area contributed by atoms with E-state index in [4.69, 9.17) is 10.5 Å². The van der Waals surface area contributed by atoms with Gasteiger partial charge in [-0.05, 0) is 57.9 Å². The summed E-state index contributed by atoms with van der Waals surface area (Å²) in [5, 5.41) is 2.78. The number of thioether (sulfide) groups is 1. The Hall–Kier alpha value is -1.99. The molecule has 0 unspecified atom stereocenters. The fourth-order valence-electron chi connectivity index (χ4n) is 1.98. The summed E-state index contributed by atoms with van der Waals surface area (Å²) in [7, 11) is 1.62. The largest absolute Gasteiger partial charge is 0.496 e. The molecule has 3 N–H and O–H groups in total. The van der Waals surface area contributed by atoms with Crippen molar-refractivity contribution < 1.29 is 14.3 Å². The summed E-state index contributed by atoms with van der Waals surface area (Å²) in [6.07, 6.45) is 0. The Morgan fingerprint density at radius 2 is 1.92 bits per heavy atom. The molecule has 0 bridgehead atoms.